The molecule has 2 aromatic rings. The molecule has 2 amide bonds. The van der Waals surface area contributed by atoms with Crippen LogP contribution >= 0.6 is 0 Å². The lowest BCUT2D eigenvalue weighted by Gasteiger charge is -2.19. The van der Waals surface area contributed by atoms with Gasteiger partial charge in [0.15, 0.2) is 0 Å². The Hall–Kier alpha value is -2.90. The second kappa shape index (κ2) is 7.02. The molecular formula is C19H17F3N2O3. The second-order valence-electron chi connectivity index (χ2n) is 6.55. The molecule has 0 aromatic heterocycles. The van der Waals surface area contributed by atoms with Crippen molar-refractivity contribution in [2.75, 3.05) is 13.1 Å². The molecule has 1 heterocycles. The van der Waals surface area contributed by atoms with Crippen molar-refractivity contribution in [3.63, 3.8) is 0 Å². The topological polar surface area (TPSA) is 66.5 Å². The van der Waals surface area contributed by atoms with Gasteiger partial charge in [0.2, 0.25) is 11.7 Å². The van der Waals surface area contributed by atoms with Crippen LogP contribution in [0.4, 0.5) is 13.2 Å². The zero-order valence-corrected chi connectivity index (χ0v) is 14.4. The number of carbonyl (C=O) groups is 3. The van der Waals surface area contributed by atoms with Crippen molar-refractivity contribution in [3.05, 3.63) is 48.0 Å². The van der Waals surface area contributed by atoms with Crippen LogP contribution in [0.5, 0.6) is 0 Å². The van der Waals surface area contributed by atoms with Crippen molar-refractivity contribution in [2.24, 2.45) is 5.92 Å². The maximum atomic E-state index is 12.5. The highest BCUT2D eigenvalue weighted by Gasteiger charge is 2.46. The minimum atomic E-state index is -4.63. The molecule has 27 heavy (non-hydrogen) atoms. The number of nitrogens with one attached hydrogen (secondary N) is 1. The lowest BCUT2D eigenvalue weighted by Crippen LogP contribution is -2.38. The van der Waals surface area contributed by atoms with Gasteiger partial charge in [-0.2, -0.15) is 13.2 Å². The van der Waals surface area contributed by atoms with Crippen molar-refractivity contribution in [3.8, 4) is 0 Å². The van der Waals surface area contributed by atoms with Crippen molar-refractivity contribution in [2.45, 2.75) is 19.1 Å². The number of alkyl halides is 3. The van der Waals surface area contributed by atoms with Gasteiger partial charge in [-0.25, -0.2) is 0 Å². The van der Waals surface area contributed by atoms with Crippen molar-refractivity contribution >= 4 is 28.4 Å². The number of nitrogens with zero attached hydrogens (tertiary/aromatic N) is 1. The molecule has 0 spiro atoms. The van der Waals surface area contributed by atoms with E-state index in [1.54, 1.807) is 6.92 Å². The van der Waals surface area contributed by atoms with Crippen LogP contribution in [0.1, 0.15) is 18.5 Å². The van der Waals surface area contributed by atoms with Crippen LogP contribution in [-0.4, -0.2) is 41.8 Å². The first-order valence-electron chi connectivity index (χ1n) is 8.34. The van der Waals surface area contributed by atoms with Gasteiger partial charge >= 0.3 is 6.18 Å². The molecule has 1 aliphatic heterocycles. The maximum Gasteiger partial charge on any atom is 0.406 e. The number of Topliss-reactive ketones (excluding diaryl/α,β-unsaturated/α-hetero) is 1. The molecule has 1 unspecified atom stereocenters. The van der Waals surface area contributed by atoms with Gasteiger partial charge in [-0.05, 0) is 29.3 Å². The molecule has 1 N–H and O–H groups in total. The monoisotopic (exact) mass is 378 g/mol. The number of rotatable bonds is 4. The highest BCUT2D eigenvalue weighted by Crippen LogP contribution is 2.24. The molecular weight excluding hydrogens is 361 g/mol. The molecule has 0 saturated carbocycles. The van der Waals surface area contributed by atoms with E-state index in [1.807, 2.05) is 42.5 Å². The first-order chi connectivity index (χ1) is 12.7. The molecule has 1 fully saturated rings. The van der Waals surface area contributed by atoms with Gasteiger partial charge in [0.25, 0.3) is 5.91 Å². The summed E-state index contributed by atoms with van der Waals surface area (Å²) in [6, 6.07) is 12.8. The molecule has 8 heteroatoms. The third-order valence-electron chi connectivity index (χ3n) is 4.54. The minimum Gasteiger partial charge on any atom is -0.349 e. The molecule has 0 bridgehead atoms. The van der Waals surface area contributed by atoms with E-state index in [2.05, 4.69) is 5.32 Å². The minimum absolute atomic E-state index is 0.368. The Balaban J connectivity index is 1.70. The van der Waals surface area contributed by atoms with E-state index in [0.717, 1.165) is 16.3 Å². The highest BCUT2D eigenvalue weighted by atomic mass is 19.4. The van der Waals surface area contributed by atoms with Crippen molar-refractivity contribution in [1.29, 1.82) is 0 Å². The molecule has 0 radical (unpaired) electrons. The summed E-state index contributed by atoms with van der Waals surface area (Å²) in [4.78, 5) is 36.3. The van der Waals surface area contributed by atoms with Gasteiger partial charge in [-0.3, -0.25) is 14.4 Å². The van der Waals surface area contributed by atoms with Crippen LogP contribution in [0.25, 0.3) is 10.8 Å². The van der Waals surface area contributed by atoms with Crippen LogP contribution in [0, 0.1) is 5.92 Å². The number of ketones is 1. The number of halogens is 3. The van der Waals surface area contributed by atoms with Crippen LogP contribution in [-0.2, 0) is 14.4 Å². The summed E-state index contributed by atoms with van der Waals surface area (Å²) in [7, 11) is 0. The van der Waals surface area contributed by atoms with Crippen LogP contribution in [0.3, 0.4) is 0 Å². The molecule has 5 nitrogen and oxygen atoms in total. The van der Waals surface area contributed by atoms with Gasteiger partial charge in [-0.1, -0.05) is 36.4 Å². The third kappa shape index (κ3) is 4.10. The van der Waals surface area contributed by atoms with Gasteiger partial charge in [-0.15, -0.1) is 0 Å². The van der Waals surface area contributed by atoms with E-state index in [0.29, 0.717) is 4.90 Å². The fourth-order valence-electron chi connectivity index (χ4n) is 3.12. The molecule has 1 saturated heterocycles. The van der Waals surface area contributed by atoms with E-state index in [4.69, 9.17) is 0 Å². The van der Waals surface area contributed by atoms with Crippen LogP contribution < -0.4 is 5.32 Å². The van der Waals surface area contributed by atoms with Gasteiger partial charge < -0.3 is 10.2 Å². The van der Waals surface area contributed by atoms with Crippen molar-refractivity contribution in [1.82, 2.24) is 10.2 Å². The average Bonchev–Trinajstić information content (AvgIpc) is 2.88. The Morgan fingerprint density at radius 1 is 1.19 bits per heavy atom. The molecule has 142 valence electrons. The van der Waals surface area contributed by atoms with Gasteiger partial charge in [0, 0.05) is 6.54 Å². The van der Waals surface area contributed by atoms with Gasteiger partial charge in [0.1, 0.15) is 12.5 Å². The lowest BCUT2D eigenvalue weighted by molar-refractivity contribution is -0.159. The normalized spacial score (nSPS) is 18.8. The largest absolute Gasteiger partial charge is 0.406 e. The first kappa shape index (κ1) is 18.9. The number of hydrogen-bond acceptors (Lipinski definition) is 3. The first-order valence-corrected chi connectivity index (χ1v) is 8.34. The third-order valence-corrected chi connectivity index (χ3v) is 4.54. The number of likely N-dealkylation sites (tertiary alicyclic amines) is 1. The number of benzene rings is 2. The van der Waals surface area contributed by atoms with E-state index in [1.165, 1.54) is 0 Å². The Morgan fingerprint density at radius 2 is 1.85 bits per heavy atom. The number of amides is 2. The Kier molecular flexibility index (Phi) is 4.91. The quantitative estimate of drug-likeness (QED) is 0.657. The SMILES string of the molecule is C[C@@H](NC(=O)C1CN(CC(F)(F)F)C(=O)C1=O)c1ccc2ccccc2c1. The van der Waals surface area contributed by atoms with E-state index in [9.17, 15) is 27.6 Å². The van der Waals surface area contributed by atoms with Crippen LogP contribution in [0.2, 0.25) is 0 Å². The second-order valence-corrected chi connectivity index (χ2v) is 6.55. The molecule has 2 atom stereocenters. The van der Waals surface area contributed by atoms with E-state index in [-0.39, 0.29) is 0 Å². The standard InChI is InChI=1S/C19H17F3N2O3/c1-11(13-7-6-12-4-2-3-5-14(12)8-13)23-17(26)15-9-24(10-19(20,21)22)18(27)16(15)25/h2-8,11,15H,9-10H2,1H3,(H,23,26)/t11-,15?/m1/s1. The lowest BCUT2D eigenvalue weighted by atomic mass is 10.0. The highest BCUT2D eigenvalue weighted by molar-refractivity contribution is 6.42. The molecule has 3 rings (SSSR count). The summed E-state index contributed by atoms with van der Waals surface area (Å²) in [5.41, 5.74) is 0.783. The predicted octanol–water partition coefficient (Wildman–Crippen LogP) is 2.61. The van der Waals surface area contributed by atoms with E-state index < -0.39 is 48.8 Å². The smallest absolute Gasteiger partial charge is 0.349 e. The summed E-state index contributed by atoms with van der Waals surface area (Å²) in [6.07, 6.45) is -4.63. The summed E-state index contributed by atoms with van der Waals surface area (Å²) < 4.78 is 37.5. The molecule has 0 aliphatic carbocycles. The average molecular weight is 378 g/mol. The number of fused-ring (bicyclic) bond motifs is 1. The maximum absolute atomic E-state index is 12.5. The number of hydrogen-bond donors (Lipinski definition) is 1. The number of carbonyl (C=O) groups excluding carboxylic acids is 3. The Bertz CT molecular complexity index is 910. The van der Waals surface area contributed by atoms with Gasteiger partial charge in [0.05, 0.1) is 6.04 Å². The Labute approximate surface area is 153 Å². The summed E-state index contributed by atoms with van der Waals surface area (Å²) in [5, 5.41) is 4.62. The van der Waals surface area contributed by atoms with Crippen molar-refractivity contribution < 1.29 is 27.6 Å². The molecule has 2 aromatic carbocycles. The fourth-order valence-corrected chi connectivity index (χ4v) is 3.12. The zero-order chi connectivity index (χ0) is 19.8. The Morgan fingerprint density at radius 3 is 2.52 bits per heavy atom. The summed E-state index contributed by atoms with van der Waals surface area (Å²) >= 11 is 0. The van der Waals surface area contributed by atoms with E-state index >= 15 is 0 Å². The summed E-state index contributed by atoms with van der Waals surface area (Å²) in [5.74, 6) is -4.56. The zero-order valence-electron chi connectivity index (χ0n) is 14.4. The molecule has 1 aliphatic rings. The summed E-state index contributed by atoms with van der Waals surface area (Å²) in [6.45, 7) is -0.397. The van der Waals surface area contributed by atoms with Crippen LogP contribution in [0.15, 0.2) is 42.5 Å². The fraction of sp³-hybridized carbons (Fsp3) is 0.316. The predicted molar refractivity (Wildman–Crippen MR) is 91.6 cm³/mol.